The van der Waals surface area contributed by atoms with Crippen molar-refractivity contribution < 1.29 is 9.84 Å². The zero-order chi connectivity index (χ0) is 21.1. The number of anilines is 1. The van der Waals surface area contributed by atoms with Crippen LogP contribution in [0.1, 0.15) is 25.5 Å². The van der Waals surface area contributed by atoms with E-state index in [-0.39, 0.29) is 11.8 Å². The smallest absolute Gasteiger partial charge is 0.166 e. The number of nitrogens with one attached hydrogen (secondary N) is 1. The highest BCUT2D eigenvalue weighted by atomic mass is 16.5. The Bertz CT molecular complexity index is 1130. The molecule has 4 rings (SSSR count). The molecular formula is C23H25N5O2. The number of rotatable bonds is 7. The molecule has 4 aromatic rings. The highest BCUT2D eigenvalue weighted by Crippen LogP contribution is 2.27. The SMILES string of the molecule is COc1ccc(-c2nc(NCCc3ccc(O)cc3)c3ncn(C(C)C)c3n2)cc1. The second-order valence-electron chi connectivity index (χ2n) is 7.39. The lowest BCUT2D eigenvalue weighted by Crippen LogP contribution is -2.09. The predicted molar refractivity (Wildman–Crippen MR) is 118 cm³/mol. The Hall–Kier alpha value is -3.61. The molecule has 0 aliphatic carbocycles. The summed E-state index contributed by atoms with van der Waals surface area (Å²) in [7, 11) is 1.65. The van der Waals surface area contributed by atoms with Gasteiger partial charge in [0, 0.05) is 18.2 Å². The lowest BCUT2D eigenvalue weighted by atomic mass is 10.1. The molecule has 0 atom stereocenters. The Morgan fingerprint density at radius 2 is 1.77 bits per heavy atom. The first kappa shape index (κ1) is 19.7. The molecule has 30 heavy (non-hydrogen) atoms. The van der Waals surface area contributed by atoms with Gasteiger partial charge in [0.1, 0.15) is 17.0 Å². The summed E-state index contributed by atoms with van der Waals surface area (Å²) < 4.78 is 7.31. The average molecular weight is 403 g/mol. The molecule has 7 nitrogen and oxygen atoms in total. The fraction of sp³-hybridized carbons (Fsp3) is 0.261. The molecule has 0 saturated heterocycles. The standard InChI is InChI=1S/C23H25N5O2/c1-15(2)28-14-25-20-22(24-13-12-16-4-8-18(29)9-5-16)26-21(27-23(20)28)17-6-10-19(30-3)11-7-17/h4-11,14-15,29H,12-13H2,1-3H3,(H,24,26,27). The summed E-state index contributed by atoms with van der Waals surface area (Å²) >= 11 is 0. The summed E-state index contributed by atoms with van der Waals surface area (Å²) in [6.45, 7) is 4.90. The van der Waals surface area contributed by atoms with Gasteiger partial charge in [-0.15, -0.1) is 0 Å². The van der Waals surface area contributed by atoms with Crippen molar-refractivity contribution in [1.82, 2.24) is 19.5 Å². The minimum absolute atomic E-state index is 0.235. The molecule has 0 fully saturated rings. The van der Waals surface area contributed by atoms with Crippen molar-refractivity contribution in [2.75, 3.05) is 19.0 Å². The third kappa shape index (κ3) is 4.05. The van der Waals surface area contributed by atoms with Crippen LogP contribution in [0.2, 0.25) is 0 Å². The van der Waals surface area contributed by atoms with Crippen molar-refractivity contribution >= 4 is 17.0 Å². The van der Waals surface area contributed by atoms with E-state index in [1.165, 1.54) is 0 Å². The normalized spacial score (nSPS) is 11.2. The van der Waals surface area contributed by atoms with Gasteiger partial charge >= 0.3 is 0 Å². The van der Waals surface area contributed by atoms with Crippen LogP contribution >= 0.6 is 0 Å². The van der Waals surface area contributed by atoms with Gasteiger partial charge in [0.25, 0.3) is 0 Å². The molecule has 2 N–H and O–H groups in total. The number of fused-ring (bicyclic) bond motifs is 1. The number of benzene rings is 2. The summed E-state index contributed by atoms with van der Waals surface area (Å²) in [5, 5.41) is 12.9. The Balaban J connectivity index is 1.66. The van der Waals surface area contributed by atoms with Crippen molar-refractivity contribution in [1.29, 1.82) is 0 Å². The molecular weight excluding hydrogens is 378 g/mol. The maximum Gasteiger partial charge on any atom is 0.166 e. The van der Waals surface area contributed by atoms with Crippen LogP contribution in [0.4, 0.5) is 5.82 Å². The van der Waals surface area contributed by atoms with E-state index in [1.807, 2.05) is 42.7 Å². The van der Waals surface area contributed by atoms with E-state index < -0.39 is 0 Å². The van der Waals surface area contributed by atoms with E-state index in [1.54, 1.807) is 19.2 Å². The highest BCUT2D eigenvalue weighted by Gasteiger charge is 2.15. The van der Waals surface area contributed by atoms with Crippen LogP contribution in [0.5, 0.6) is 11.5 Å². The first-order valence-corrected chi connectivity index (χ1v) is 9.96. The number of phenols is 1. The van der Waals surface area contributed by atoms with E-state index in [0.717, 1.165) is 34.5 Å². The maximum absolute atomic E-state index is 9.45. The van der Waals surface area contributed by atoms with Gasteiger partial charge in [-0.1, -0.05) is 12.1 Å². The van der Waals surface area contributed by atoms with Crippen LogP contribution in [-0.2, 0) is 6.42 Å². The minimum Gasteiger partial charge on any atom is -0.508 e. The van der Waals surface area contributed by atoms with Crippen LogP contribution < -0.4 is 10.1 Å². The third-order valence-corrected chi connectivity index (χ3v) is 4.97. The number of nitrogens with zero attached hydrogens (tertiary/aromatic N) is 4. The molecule has 0 spiro atoms. The summed E-state index contributed by atoms with van der Waals surface area (Å²) in [6.07, 6.45) is 2.61. The maximum atomic E-state index is 9.45. The number of phenolic OH excluding ortho intramolecular Hbond substituents is 1. The quantitative estimate of drug-likeness (QED) is 0.474. The summed E-state index contributed by atoms with van der Waals surface area (Å²) in [5.41, 5.74) is 3.61. The van der Waals surface area contributed by atoms with Crippen molar-refractivity contribution in [3.63, 3.8) is 0 Å². The largest absolute Gasteiger partial charge is 0.508 e. The van der Waals surface area contributed by atoms with Crippen molar-refractivity contribution in [3.8, 4) is 22.9 Å². The number of ether oxygens (including phenoxy) is 1. The summed E-state index contributed by atoms with van der Waals surface area (Å²) in [6, 6.07) is 15.2. The summed E-state index contributed by atoms with van der Waals surface area (Å²) in [4.78, 5) is 14.1. The first-order valence-electron chi connectivity index (χ1n) is 9.96. The molecule has 0 saturated carbocycles. The van der Waals surface area contributed by atoms with E-state index in [2.05, 4.69) is 28.7 Å². The molecule has 2 heterocycles. The second-order valence-corrected chi connectivity index (χ2v) is 7.39. The van der Waals surface area contributed by atoms with Crippen molar-refractivity contribution in [2.45, 2.75) is 26.3 Å². The molecule has 0 aliphatic rings. The average Bonchev–Trinajstić information content (AvgIpc) is 3.20. The van der Waals surface area contributed by atoms with Gasteiger partial charge in [-0.05, 0) is 62.2 Å². The van der Waals surface area contributed by atoms with Crippen LogP contribution in [0.25, 0.3) is 22.6 Å². The number of aromatic hydroxyl groups is 1. The van der Waals surface area contributed by atoms with Crippen LogP contribution in [0, 0.1) is 0 Å². The van der Waals surface area contributed by atoms with Gasteiger partial charge in [-0.3, -0.25) is 0 Å². The first-order chi connectivity index (χ1) is 14.5. The third-order valence-electron chi connectivity index (χ3n) is 4.97. The number of hydrogen-bond acceptors (Lipinski definition) is 6. The fourth-order valence-electron chi connectivity index (χ4n) is 3.27. The lowest BCUT2D eigenvalue weighted by Gasteiger charge is -2.12. The highest BCUT2D eigenvalue weighted by molar-refractivity contribution is 5.85. The Morgan fingerprint density at radius 1 is 1.03 bits per heavy atom. The zero-order valence-corrected chi connectivity index (χ0v) is 17.3. The van der Waals surface area contributed by atoms with Crippen LogP contribution in [0.3, 0.4) is 0 Å². The Kier molecular flexibility index (Phi) is 5.52. The monoisotopic (exact) mass is 403 g/mol. The van der Waals surface area contributed by atoms with Gasteiger partial charge in [0.15, 0.2) is 17.3 Å². The molecule has 0 amide bonds. The van der Waals surface area contributed by atoms with Crippen molar-refractivity contribution in [3.05, 3.63) is 60.4 Å². The number of imidazole rings is 1. The van der Waals surface area contributed by atoms with E-state index in [4.69, 9.17) is 14.7 Å². The Labute approximate surface area is 175 Å². The predicted octanol–water partition coefficient (Wildman–Crippen LogP) is 4.44. The molecule has 0 radical (unpaired) electrons. The number of methoxy groups -OCH3 is 1. The van der Waals surface area contributed by atoms with Crippen LogP contribution in [-0.4, -0.2) is 38.3 Å². The topological polar surface area (TPSA) is 85.1 Å². The van der Waals surface area contributed by atoms with E-state index in [9.17, 15) is 5.11 Å². The molecule has 2 aromatic carbocycles. The van der Waals surface area contributed by atoms with Gasteiger partial charge in [0.2, 0.25) is 0 Å². The fourth-order valence-corrected chi connectivity index (χ4v) is 3.27. The molecule has 0 bridgehead atoms. The van der Waals surface area contributed by atoms with Gasteiger partial charge < -0.3 is 19.7 Å². The minimum atomic E-state index is 0.235. The van der Waals surface area contributed by atoms with Gasteiger partial charge in [-0.25, -0.2) is 15.0 Å². The molecule has 2 aromatic heterocycles. The molecule has 0 aliphatic heterocycles. The Morgan fingerprint density at radius 3 is 2.43 bits per heavy atom. The summed E-state index contributed by atoms with van der Waals surface area (Å²) in [5.74, 6) is 2.41. The van der Waals surface area contributed by atoms with Crippen LogP contribution in [0.15, 0.2) is 54.9 Å². The second kappa shape index (κ2) is 8.41. The molecule has 154 valence electrons. The van der Waals surface area contributed by atoms with Gasteiger partial charge in [0.05, 0.1) is 13.4 Å². The van der Waals surface area contributed by atoms with E-state index >= 15 is 0 Å². The molecule has 7 heteroatoms. The zero-order valence-electron chi connectivity index (χ0n) is 17.3. The number of aromatic nitrogens is 4. The number of hydrogen-bond donors (Lipinski definition) is 2. The lowest BCUT2D eigenvalue weighted by molar-refractivity contribution is 0.415. The van der Waals surface area contributed by atoms with E-state index in [0.29, 0.717) is 18.2 Å². The van der Waals surface area contributed by atoms with Gasteiger partial charge in [-0.2, -0.15) is 0 Å². The molecule has 0 unspecified atom stereocenters. The van der Waals surface area contributed by atoms with Crippen molar-refractivity contribution in [2.24, 2.45) is 0 Å².